The lowest BCUT2D eigenvalue weighted by Gasteiger charge is -2.62. The van der Waals surface area contributed by atoms with Gasteiger partial charge < -0.3 is 10.4 Å². The number of unbranched alkanes of at least 4 members (excludes halogenated alkanes) is 1. The Morgan fingerprint density at radius 3 is 2.81 bits per heavy atom. The number of hydrogen-bond donors (Lipinski definition) is 2. The molecule has 0 aliphatic heterocycles. The summed E-state index contributed by atoms with van der Waals surface area (Å²) < 4.78 is 1.16. The Morgan fingerprint density at radius 2 is 2.06 bits per heavy atom. The number of carbonyl (C=O) groups is 2. The van der Waals surface area contributed by atoms with Gasteiger partial charge in [0.1, 0.15) is 0 Å². The zero-order chi connectivity index (χ0) is 22.2. The van der Waals surface area contributed by atoms with Gasteiger partial charge in [0.05, 0.1) is 5.56 Å². The standard InChI is InChI=1S/C26H33NO3S/c1-16-10-11-22-19(12-16)20(15-31-22)25(30)27-24-17(8-6-4-5-7-9-23(28)29)13-18-14-21(24)26(18,2)3/h4,6,10-12,15,17-18,21,24H,5,7-9,13-14H2,1-3H3,(H,27,30)(H,28,29)/b6-4-/t17-,18-,21-,24+/m1/s1. The second-order valence-corrected chi connectivity index (χ2v) is 10.9. The van der Waals surface area contributed by atoms with Crippen molar-refractivity contribution in [2.24, 2.45) is 23.2 Å². The van der Waals surface area contributed by atoms with Gasteiger partial charge in [0.2, 0.25) is 0 Å². The Morgan fingerprint density at radius 1 is 1.26 bits per heavy atom. The fraction of sp³-hybridized carbons (Fsp3) is 0.538. The molecular formula is C26H33NO3S. The number of carboxylic acid groups (broad SMARTS) is 1. The second-order valence-electron chi connectivity index (χ2n) is 10.00. The van der Waals surface area contributed by atoms with Crippen molar-refractivity contribution < 1.29 is 14.7 Å². The second kappa shape index (κ2) is 8.78. The van der Waals surface area contributed by atoms with E-state index in [1.165, 1.54) is 12.0 Å². The number of benzene rings is 1. The monoisotopic (exact) mass is 439 g/mol. The fourth-order valence-corrected chi connectivity index (χ4v) is 6.60. The van der Waals surface area contributed by atoms with Crippen molar-refractivity contribution in [3.63, 3.8) is 0 Å². The summed E-state index contributed by atoms with van der Waals surface area (Å²) in [5, 5.41) is 15.3. The van der Waals surface area contributed by atoms with Crippen LogP contribution in [0.25, 0.3) is 10.1 Å². The van der Waals surface area contributed by atoms with E-state index in [-0.39, 0.29) is 23.8 Å². The van der Waals surface area contributed by atoms with Crippen molar-refractivity contribution >= 4 is 33.3 Å². The van der Waals surface area contributed by atoms with E-state index in [4.69, 9.17) is 5.11 Å². The summed E-state index contributed by atoms with van der Waals surface area (Å²) in [6.45, 7) is 6.77. The molecule has 3 saturated carbocycles. The molecule has 3 fully saturated rings. The van der Waals surface area contributed by atoms with E-state index in [0.717, 1.165) is 40.8 Å². The number of nitrogens with one attached hydrogen (secondary N) is 1. The summed E-state index contributed by atoms with van der Waals surface area (Å²) in [5.74, 6) is 1.02. The molecule has 4 atom stereocenters. The Balaban J connectivity index is 1.46. The first-order chi connectivity index (χ1) is 14.8. The largest absolute Gasteiger partial charge is 0.481 e. The maximum atomic E-state index is 13.3. The Labute approximate surface area is 188 Å². The molecule has 3 aliphatic rings. The van der Waals surface area contributed by atoms with Crippen molar-refractivity contribution in [2.45, 2.75) is 65.3 Å². The van der Waals surface area contributed by atoms with E-state index in [9.17, 15) is 9.59 Å². The molecule has 5 rings (SSSR count). The smallest absolute Gasteiger partial charge is 0.303 e. The summed E-state index contributed by atoms with van der Waals surface area (Å²) in [4.78, 5) is 24.0. The third-order valence-corrected chi connectivity index (χ3v) is 8.68. The minimum atomic E-state index is -0.734. The molecule has 2 N–H and O–H groups in total. The van der Waals surface area contributed by atoms with Gasteiger partial charge in [0, 0.05) is 27.9 Å². The van der Waals surface area contributed by atoms with Crippen LogP contribution >= 0.6 is 11.3 Å². The number of fused-ring (bicyclic) bond motifs is 3. The lowest BCUT2D eigenvalue weighted by molar-refractivity contribution is -0.137. The topological polar surface area (TPSA) is 66.4 Å². The predicted molar refractivity (Wildman–Crippen MR) is 127 cm³/mol. The number of carbonyl (C=O) groups excluding carboxylic acids is 1. The Kier molecular flexibility index (Phi) is 6.25. The average Bonchev–Trinajstić information content (AvgIpc) is 3.13. The highest BCUT2D eigenvalue weighted by Crippen LogP contribution is 2.61. The maximum absolute atomic E-state index is 13.3. The predicted octanol–water partition coefficient (Wildman–Crippen LogP) is 6.19. The summed E-state index contributed by atoms with van der Waals surface area (Å²) in [5.41, 5.74) is 2.25. The molecule has 1 amide bonds. The summed E-state index contributed by atoms with van der Waals surface area (Å²) >= 11 is 1.63. The molecule has 1 heterocycles. The van der Waals surface area contributed by atoms with E-state index in [2.05, 4.69) is 56.4 Å². The van der Waals surface area contributed by atoms with Crippen LogP contribution < -0.4 is 5.32 Å². The normalized spacial score (nSPS) is 26.7. The lowest BCUT2D eigenvalue weighted by atomic mass is 9.44. The minimum Gasteiger partial charge on any atom is -0.481 e. The summed E-state index contributed by atoms with van der Waals surface area (Å²) in [6.07, 6.45) is 9.32. The quantitative estimate of drug-likeness (QED) is 0.381. The van der Waals surface area contributed by atoms with Crippen LogP contribution in [0.15, 0.2) is 35.7 Å². The molecule has 4 nitrogen and oxygen atoms in total. The van der Waals surface area contributed by atoms with Crippen molar-refractivity contribution in [3.05, 3.63) is 46.9 Å². The van der Waals surface area contributed by atoms with Gasteiger partial charge in [-0.25, -0.2) is 0 Å². The van der Waals surface area contributed by atoms with Gasteiger partial charge in [-0.05, 0) is 74.3 Å². The van der Waals surface area contributed by atoms with Gasteiger partial charge in [0.15, 0.2) is 0 Å². The first-order valence-corrected chi connectivity index (χ1v) is 12.3. The number of thiophene rings is 1. The van der Waals surface area contributed by atoms with Crippen molar-refractivity contribution in [1.29, 1.82) is 0 Å². The molecule has 1 aromatic carbocycles. The van der Waals surface area contributed by atoms with Crippen LogP contribution in [-0.2, 0) is 4.79 Å². The number of carboxylic acids is 1. The van der Waals surface area contributed by atoms with Gasteiger partial charge >= 0.3 is 5.97 Å². The zero-order valence-electron chi connectivity index (χ0n) is 18.7. The Bertz CT molecular complexity index is 1010. The van der Waals surface area contributed by atoms with Crippen LogP contribution in [-0.4, -0.2) is 23.0 Å². The molecule has 166 valence electrons. The van der Waals surface area contributed by atoms with Crippen LogP contribution in [0.4, 0.5) is 0 Å². The molecular weight excluding hydrogens is 406 g/mol. The summed E-state index contributed by atoms with van der Waals surface area (Å²) in [7, 11) is 0. The molecule has 3 aliphatic carbocycles. The van der Waals surface area contributed by atoms with Gasteiger partial charge in [-0.1, -0.05) is 37.6 Å². The van der Waals surface area contributed by atoms with Crippen LogP contribution in [0, 0.1) is 30.1 Å². The third-order valence-electron chi connectivity index (χ3n) is 7.71. The highest BCUT2D eigenvalue weighted by atomic mass is 32.1. The minimum absolute atomic E-state index is 0.0541. The first-order valence-electron chi connectivity index (χ1n) is 11.4. The van der Waals surface area contributed by atoms with Crippen LogP contribution in [0.1, 0.15) is 68.3 Å². The Hall–Kier alpha value is -2.14. The van der Waals surface area contributed by atoms with Gasteiger partial charge in [0.25, 0.3) is 5.91 Å². The number of rotatable bonds is 8. The third kappa shape index (κ3) is 4.43. The molecule has 31 heavy (non-hydrogen) atoms. The lowest BCUT2D eigenvalue weighted by Crippen LogP contribution is -2.63. The van der Waals surface area contributed by atoms with Gasteiger partial charge in [-0.15, -0.1) is 11.3 Å². The molecule has 0 unspecified atom stereocenters. The maximum Gasteiger partial charge on any atom is 0.303 e. The zero-order valence-corrected chi connectivity index (χ0v) is 19.5. The molecule has 0 radical (unpaired) electrons. The van der Waals surface area contributed by atoms with E-state index >= 15 is 0 Å². The van der Waals surface area contributed by atoms with E-state index in [1.807, 2.05) is 5.38 Å². The average molecular weight is 440 g/mol. The number of allylic oxidation sites excluding steroid dienone is 2. The molecule has 2 aromatic rings. The fourth-order valence-electron chi connectivity index (χ4n) is 5.68. The van der Waals surface area contributed by atoms with Crippen LogP contribution in [0.3, 0.4) is 0 Å². The van der Waals surface area contributed by atoms with E-state index in [1.54, 1.807) is 11.3 Å². The van der Waals surface area contributed by atoms with Crippen molar-refractivity contribution in [1.82, 2.24) is 5.32 Å². The van der Waals surface area contributed by atoms with E-state index < -0.39 is 5.97 Å². The molecule has 5 heteroatoms. The number of hydrogen-bond acceptors (Lipinski definition) is 3. The molecule has 2 bridgehead atoms. The number of aliphatic carboxylic acids is 1. The van der Waals surface area contributed by atoms with Crippen LogP contribution in [0.5, 0.6) is 0 Å². The highest BCUT2D eigenvalue weighted by Gasteiger charge is 2.57. The summed E-state index contributed by atoms with van der Waals surface area (Å²) in [6, 6.07) is 6.50. The number of amides is 1. The first kappa shape index (κ1) is 22.1. The van der Waals surface area contributed by atoms with Gasteiger partial charge in [-0.3, -0.25) is 9.59 Å². The molecule has 0 spiro atoms. The highest BCUT2D eigenvalue weighted by molar-refractivity contribution is 7.17. The van der Waals surface area contributed by atoms with Crippen molar-refractivity contribution in [2.75, 3.05) is 0 Å². The molecule has 0 saturated heterocycles. The van der Waals surface area contributed by atoms with E-state index in [0.29, 0.717) is 18.3 Å². The van der Waals surface area contributed by atoms with Crippen molar-refractivity contribution in [3.8, 4) is 0 Å². The number of aryl methyl sites for hydroxylation is 1. The van der Waals surface area contributed by atoms with Gasteiger partial charge in [-0.2, -0.15) is 0 Å². The molecule has 1 aromatic heterocycles. The SMILES string of the molecule is Cc1ccc2scc(C(=O)N[C@H]3[C@H](C/C=C\CCCC(=O)O)C[C@@H]4C[C@H]3C4(C)C)c2c1. The van der Waals surface area contributed by atoms with Crippen LogP contribution in [0.2, 0.25) is 0 Å².